The molecule has 3 aromatic rings. The third kappa shape index (κ3) is 4.12. The molecular formula is C24H23F3N2O4. The summed E-state index contributed by atoms with van der Waals surface area (Å²) in [6.45, 7) is 5.24. The summed E-state index contributed by atoms with van der Waals surface area (Å²) in [5.41, 5.74) is 1.12. The average Bonchev–Trinajstić information content (AvgIpc) is 3.48. The van der Waals surface area contributed by atoms with E-state index in [0.717, 1.165) is 6.39 Å². The fraction of sp³-hybridized carbons (Fsp3) is 0.375. The highest BCUT2D eigenvalue weighted by Gasteiger charge is 2.34. The van der Waals surface area contributed by atoms with E-state index in [1.54, 1.807) is 4.90 Å². The topological polar surface area (TPSA) is 57.0 Å². The van der Waals surface area contributed by atoms with Gasteiger partial charge in [-0.15, -0.1) is 0 Å². The Morgan fingerprint density at radius 2 is 1.61 bits per heavy atom. The molecular weight excluding hydrogens is 437 g/mol. The van der Waals surface area contributed by atoms with E-state index >= 15 is 8.78 Å². The molecule has 2 aliphatic rings. The number of aromatic nitrogens is 1. The van der Waals surface area contributed by atoms with E-state index in [9.17, 15) is 4.39 Å². The number of ether oxygens (including phenoxy) is 3. The fourth-order valence-electron chi connectivity index (χ4n) is 4.45. The van der Waals surface area contributed by atoms with Gasteiger partial charge in [-0.3, -0.25) is 0 Å². The van der Waals surface area contributed by atoms with Crippen molar-refractivity contribution >= 4 is 5.69 Å². The molecule has 9 heteroatoms. The van der Waals surface area contributed by atoms with Crippen LogP contribution in [-0.4, -0.2) is 43.5 Å². The Kier molecular flexibility index (Phi) is 5.86. The zero-order chi connectivity index (χ0) is 23.1. The summed E-state index contributed by atoms with van der Waals surface area (Å²) >= 11 is 0. The maximum atomic E-state index is 15.7. The first kappa shape index (κ1) is 21.9. The first-order chi connectivity index (χ1) is 15.9. The van der Waals surface area contributed by atoms with Crippen LogP contribution < -0.4 is 4.90 Å². The van der Waals surface area contributed by atoms with Gasteiger partial charge in [0.15, 0.2) is 30.1 Å². The Labute approximate surface area is 188 Å². The number of morpholine rings is 1. The minimum atomic E-state index is -1.07. The van der Waals surface area contributed by atoms with Gasteiger partial charge in [0.05, 0.1) is 36.7 Å². The van der Waals surface area contributed by atoms with Crippen molar-refractivity contribution < 1.29 is 31.8 Å². The molecule has 2 aliphatic heterocycles. The third-order valence-electron chi connectivity index (χ3n) is 5.75. The normalized spacial score (nSPS) is 21.7. The molecule has 0 aliphatic carbocycles. The van der Waals surface area contributed by atoms with Crippen LogP contribution in [0.5, 0.6) is 0 Å². The zero-order valence-corrected chi connectivity index (χ0v) is 18.2. The van der Waals surface area contributed by atoms with Crippen molar-refractivity contribution in [2.24, 2.45) is 0 Å². The van der Waals surface area contributed by atoms with Gasteiger partial charge in [0.25, 0.3) is 0 Å². The summed E-state index contributed by atoms with van der Waals surface area (Å²) in [6, 6.07) is 7.02. The maximum Gasteiger partial charge on any atom is 0.186 e. The van der Waals surface area contributed by atoms with Crippen molar-refractivity contribution in [3.63, 3.8) is 0 Å². The van der Waals surface area contributed by atoms with Crippen molar-refractivity contribution in [3.05, 3.63) is 59.7 Å². The van der Waals surface area contributed by atoms with E-state index in [-0.39, 0.29) is 34.9 Å². The number of oxazole rings is 1. The lowest BCUT2D eigenvalue weighted by Crippen LogP contribution is -2.46. The smallest absolute Gasteiger partial charge is 0.186 e. The molecule has 2 aromatic carbocycles. The predicted molar refractivity (Wildman–Crippen MR) is 114 cm³/mol. The van der Waals surface area contributed by atoms with Crippen LogP contribution in [0.15, 0.2) is 41.1 Å². The first-order valence-electron chi connectivity index (χ1n) is 10.8. The van der Waals surface area contributed by atoms with Gasteiger partial charge in [0.1, 0.15) is 11.5 Å². The van der Waals surface area contributed by atoms with E-state index in [0.29, 0.717) is 37.4 Å². The van der Waals surface area contributed by atoms with Gasteiger partial charge in [-0.2, -0.15) is 0 Å². The minimum absolute atomic E-state index is 0.0347. The molecule has 2 saturated heterocycles. The van der Waals surface area contributed by atoms with Crippen LogP contribution in [0.2, 0.25) is 0 Å². The van der Waals surface area contributed by atoms with Gasteiger partial charge in [0.2, 0.25) is 0 Å². The lowest BCUT2D eigenvalue weighted by molar-refractivity contribution is -0.0446. The van der Waals surface area contributed by atoms with E-state index in [2.05, 4.69) is 4.98 Å². The second-order valence-corrected chi connectivity index (χ2v) is 8.26. The van der Waals surface area contributed by atoms with Gasteiger partial charge in [-0.25, -0.2) is 18.2 Å². The standard InChI is InChI=1S/C24H23F3N2O4/c1-13-10-29(11-14(2)33-13)22-18(24-30-7-8-31-24)9-17(19(26)20(22)27)23-21(28-12-32-23)15-3-5-16(25)6-4-15/h3-6,9,12-14,24H,7-8,10-11H2,1-2H3. The summed E-state index contributed by atoms with van der Waals surface area (Å²) in [4.78, 5) is 5.92. The predicted octanol–water partition coefficient (Wildman–Crippen LogP) is 5.08. The largest absolute Gasteiger partial charge is 0.443 e. The van der Waals surface area contributed by atoms with Crippen LogP contribution in [0.4, 0.5) is 18.9 Å². The Morgan fingerprint density at radius 3 is 2.27 bits per heavy atom. The van der Waals surface area contributed by atoms with E-state index < -0.39 is 23.7 Å². The Bertz CT molecular complexity index is 1140. The third-order valence-corrected chi connectivity index (χ3v) is 5.75. The summed E-state index contributed by atoms with van der Waals surface area (Å²) in [5, 5.41) is 0. The van der Waals surface area contributed by atoms with Gasteiger partial charge in [-0.05, 0) is 44.2 Å². The van der Waals surface area contributed by atoms with Crippen molar-refractivity contribution in [2.75, 3.05) is 31.2 Å². The van der Waals surface area contributed by atoms with Crippen molar-refractivity contribution in [2.45, 2.75) is 32.3 Å². The number of rotatable bonds is 4. The molecule has 3 heterocycles. The highest BCUT2D eigenvalue weighted by atomic mass is 19.2. The molecule has 0 radical (unpaired) electrons. The number of nitrogens with zero attached hydrogens (tertiary/aromatic N) is 2. The number of anilines is 1. The molecule has 0 bridgehead atoms. The molecule has 2 unspecified atom stereocenters. The van der Waals surface area contributed by atoms with Crippen LogP contribution in [0.3, 0.4) is 0 Å². The molecule has 5 rings (SSSR count). The van der Waals surface area contributed by atoms with E-state index in [1.165, 1.54) is 30.3 Å². The fourth-order valence-corrected chi connectivity index (χ4v) is 4.45. The van der Waals surface area contributed by atoms with Crippen molar-refractivity contribution in [1.29, 1.82) is 0 Å². The lowest BCUT2D eigenvalue weighted by atomic mass is 9.99. The zero-order valence-electron chi connectivity index (χ0n) is 18.2. The molecule has 1 aromatic heterocycles. The number of hydrogen-bond donors (Lipinski definition) is 0. The molecule has 2 atom stereocenters. The lowest BCUT2D eigenvalue weighted by Gasteiger charge is -2.38. The van der Waals surface area contributed by atoms with Gasteiger partial charge in [-0.1, -0.05) is 0 Å². The molecule has 6 nitrogen and oxygen atoms in total. The molecule has 0 N–H and O–H groups in total. The number of benzene rings is 2. The van der Waals surface area contributed by atoms with Gasteiger partial charge >= 0.3 is 0 Å². The SMILES string of the molecule is CC1CN(c2c(C3OCCO3)cc(-c3ocnc3-c3ccc(F)cc3)c(F)c2F)CC(C)O1. The Morgan fingerprint density at radius 1 is 0.939 bits per heavy atom. The molecule has 0 spiro atoms. The summed E-state index contributed by atoms with van der Waals surface area (Å²) < 4.78 is 67.2. The second-order valence-electron chi connectivity index (χ2n) is 8.26. The summed E-state index contributed by atoms with van der Waals surface area (Å²) in [7, 11) is 0. The average molecular weight is 460 g/mol. The van der Waals surface area contributed by atoms with Crippen molar-refractivity contribution in [3.8, 4) is 22.6 Å². The highest BCUT2D eigenvalue weighted by molar-refractivity contribution is 5.79. The Hall–Kier alpha value is -2.88. The summed E-state index contributed by atoms with van der Waals surface area (Å²) in [6.07, 6.45) is -0.0196. The van der Waals surface area contributed by atoms with Crippen LogP contribution in [-0.2, 0) is 14.2 Å². The van der Waals surface area contributed by atoms with Gasteiger partial charge in [0, 0.05) is 24.2 Å². The Balaban J connectivity index is 1.65. The molecule has 174 valence electrons. The number of halogens is 3. The molecule has 2 fully saturated rings. The van der Waals surface area contributed by atoms with E-state index in [1.807, 2.05) is 13.8 Å². The quantitative estimate of drug-likeness (QED) is 0.541. The van der Waals surface area contributed by atoms with Crippen molar-refractivity contribution in [1.82, 2.24) is 4.98 Å². The van der Waals surface area contributed by atoms with Gasteiger partial charge < -0.3 is 23.5 Å². The minimum Gasteiger partial charge on any atom is -0.443 e. The van der Waals surface area contributed by atoms with E-state index in [4.69, 9.17) is 18.6 Å². The van der Waals surface area contributed by atoms with Crippen LogP contribution in [0.25, 0.3) is 22.6 Å². The molecule has 33 heavy (non-hydrogen) atoms. The van der Waals surface area contributed by atoms with Crippen LogP contribution in [0.1, 0.15) is 25.7 Å². The molecule has 0 saturated carbocycles. The summed E-state index contributed by atoms with van der Waals surface area (Å²) in [5.74, 6) is -2.48. The van der Waals surface area contributed by atoms with Crippen LogP contribution in [0, 0.1) is 17.5 Å². The van der Waals surface area contributed by atoms with Crippen LogP contribution >= 0.6 is 0 Å². The number of hydrogen-bond acceptors (Lipinski definition) is 6. The second kappa shape index (κ2) is 8.81. The maximum absolute atomic E-state index is 15.7. The highest BCUT2D eigenvalue weighted by Crippen LogP contribution is 2.42. The molecule has 0 amide bonds. The first-order valence-corrected chi connectivity index (χ1v) is 10.8. The monoisotopic (exact) mass is 460 g/mol.